The predicted octanol–water partition coefficient (Wildman–Crippen LogP) is 10.4. The van der Waals surface area contributed by atoms with Gasteiger partial charge in [-0.2, -0.15) is 127 Å². The van der Waals surface area contributed by atoms with Gasteiger partial charge in [-0.15, -0.1) is 0 Å². The van der Waals surface area contributed by atoms with Crippen molar-refractivity contribution in [3.63, 3.8) is 0 Å². The molecular weight excluding hydrogens is 883 g/mol. The number of ether oxygens (including phenoxy) is 4. The number of carbonyl (C=O) groups is 1. The average Bonchev–Trinajstić information content (AvgIpc) is 2.92. The molecule has 0 heterocycles. The number of alkyl halides is 29. The highest BCUT2D eigenvalue weighted by atomic mass is 19.4. The largest absolute Gasteiger partial charge is 0.462 e. The molecule has 0 fully saturated rings. The standard InChI is InChI=1S/C21H5F29O5/c22-8(13(28,29)30,7(51)6-4-2-1-3-5-6)52-19(45,46)10(25,15(34,35)36)54-21(49,50)12(27,17(40,41)42)55-20(47,48)11(26,16(37,38)39)53-18(43,44)9(23,24)14(31,32)33/h1-5H. The maximum Gasteiger partial charge on any atom is 0.462 e. The van der Waals surface area contributed by atoms with E-state index >= 15 is 0 Å². The molecule has 322 valence electrons. The molecule has 55 heavy (non-hydrogen) atoms. The van der Waals surface area contributed by atoms with Gasteiger partial charge in [0.2, 0.25) is 5.78 Å². The summed E-state index contributed by atoms with van der Waals surface area (Å²) < 4.78 is 396. The number of carbonyl (C=O) groups excluding carboxylic acids is 1. The highest BCUT2D eigenvalue weighted by molar-refractivity contribution is 6.02. The fraction of sp³-hybridized carbons (Fsp3) is 0.667. The van der Waals surface area contributed by atoms with Crippen molar-refractivity contribution in [1.29, 1.82) is 0 Å². The molecule has 0 aliphatic rings. The fourth-order valence-electron chi connectivity index (χ4n) is 2.99. The molecule has 34 heteroatoms. The molecule has 0 N–H and O–H groups in total. The maximum absolute atomic E-state index is 14.7. The Labute approximate surface area is 278 Å². The zero-order chi connectivity index (χ0) is 44.5. The summed E-state index contributed by atoms with van der Waals surface area (Å²) in [4.78, 5) is 11.9. The van der Waals surface area contributed by atoms with Crippen molar-refractivity contribution in [3.8, 4) is 0 Å². The van der Waals surface area contributed by atoms with Gasteiger partial charge in [0, 0.05) is 5.56 Å². The van der Waals surface area contributed by atoms with Gasteiger partial charge >= 0.3 is 84.7 Å². The van der Waals surface area contributed by atoms with Gasteiger partial charge in [0.25, 0.3) is 0 Å². The molecule has 1 aromatic rings. The number of rotatable bonds is 14. The van der Waals surface area contributed by atoms with Gasteiger partial charge < -0.3 is 0 Å². The summed E-state index contributed by atoms with van der Waals surface area (Å²) in [7, 11) is 0. The molecule has 0 amide bonds. The average molecular weight is 888 g/mol. The monoisotopic (exact) mass is 888 g/mol. The molecule has 4 unspecified atom stereocenters. The molecule has 1 rings (SSSR count). The summed E-state index contributed by atoms with van der Waals surface area (Å²) in [6.45, 7) is 0. The van der Waals surface area contributed by atoms with Crippen LogP contribution in [0.5, 0.6) is 0 Å². The second-order valence-corrected chi connectivity index (χ2v) is 9.61. The van der Waals surface area contributed by atoms with E-state index in [1.807, 2.05) is 0 Å². The van der Waals surface area contributed by atoms with Crippen LogP contribution in [-0.4, -0.2) is 90.4 Å². The van der Waals surface area contributed by atoms with Gasteiger partial charge in [0.1, 0.15) is 0 Å². The summed E-state index contributed by atoms with van der Waals surface area (Å²) in [6, 6.07) is 1.41. The Balaban J connectivity index is 4.07. The van der Waals surface area contributed by atoms with Crippen LogP contribution in [0.25, 0.3) is 0 Å². The minimum atomic E-state index is -9.24. The smallest absolute Gasteiger partial charge is 0.287 e. The van der Waals surface area contributed by atoms with E-state index < -0.39 is 96.0 Å². The third kappa shape index (κ3) is 8.39. The zero-order valence-electron chi connectivity index (χ0n) is 23.9. The van der Waals surface area contributed by atoms with Crippen LogP contribution in [0, 0.1) is 0 Å². The molecule has 1 aromatic carbocycles. The maximum atomic E-state index is 14.7. The number of hydrogen-bond acceptors (Lipinski definition) is 5. The Kier molecular flexibility index (Phi) is 12.4. The molecule has 0 saturated carbocycles. The molecule has 0 bridgehead atoms. The molecule has 5 nitrogen and oxygen atoms in total. The minimum absolute atomic E-state index is 0.0466. The predicted molar refractivity (Wildman–Crippen MR) is 105 cm³/mol. The van der Waals surface area contributed by atoms with E-state index in [1.165, 1.54) is 0 Å². The molecule has 0 spiro atoms. The van der Waals surface area contributed by atoms with Crippen LogP contribution in [0.3, 0.4) is 0 Å². The molecule has 0 radical (unpaired) electrons. The van der Waals surface area contributed by atoms with Crippen LogP contribution in [0.1, 0.15) is 10.4 Å². The van der Waals surface area contributed by atoms with Crippen molar-refractivity contribution in [2.75, 3.05) is 0 Å². The first kappa shape index (κ1) is 49.7. The minimum Gasteiger partial charge on any atom is -0.287 e. The normalized spacial score (nSPS) is 19.6. The van der Waals surface area contributed by atoms with Crippen molar-refractivity contribution in [2.24, 2.45) is 0 Å². The lowest BCUT2D eigenvalue weighted by Gasteiger charge is -2.44. The van der Waals surface area contributed by atoms with Crippen molar-refractivity contribution < 1.29 is 151 Å². The molecule has 0 aliphatic heterocycles. The molecule has 0 saturated heterocycles. The molecule has 0 aromatic heterocycles. The van der Waals surface area contributed by atoms with Crippen molar-refractivity contribution >= 4 is 5.78 Å². The second kappa shape index (κ2) is 13.7. The highest BCUT2D eigenvalue weighted by Crippen LogP contribution is 2.61. The van der Waals surface area contributed by atoms with Crippen molar-refractivity contribution in [2.45, 2.75) is 84.7 Å². The van der Waals surface area contributed by atoms with Gasteiger partial charge in [-0.25, -0.2) is 0 Å². The summed E-state index contributed by atoms with van der Waals surface area (Å²) in [5.74, 6) is -46.6. The topological polar surface area (TPSA) is 54.0 Å². The lowest BCUT2D eigenvalue weighted by Crippen LogP contribution is -2.72. The Morgan fingerprint density at radius 3 is 0.873 bits per heavy atom. The van der Waals surface area contributed by atoms with E-state index in [0.717, 1.165) is 14.2 Å². The van der Waals surface area contributed by atoms with E-state index in [1.54, 1.807) is 4.74 Å². The Hall–Kier alpha value is -3.30. The van der Waals surface area contributed by atoms with Crippen LogP contribution >= 0.6 is 0 Å². The quantitative estimate of drug-likeness (QED) is 0.138. The van der Waals surface area contributed by atoms with Gasteiger partial charge in [-0.3, -0.25) is 23.7 Å². The molecule has 0 aliphatic carbocycles. The highest BCUT2D eigenvalue weighted by Gasteiger charge is 2.90. The summed E-state index contributed by atoms with van der Waals surface area (Å²) in [6.07, 6.45) is -77.4. The first-order chi connectivity index (χ1) is 23.6. The van der Waals surface area contributed by atoms with Gasteiger partial charge in [-0.1, -0.05) is 30.3 Å². The first-order valence-electron chi connectivity index (χ1n) is 12.0. The third-order valence-corrected chi connectivity index (χ3v) is 5.71. The Morgan fingerprint density at radius 2 is 0.618 bits per heavy atom. The number of halogens is 29. The zero-order valence-corrected chi connectivity index (χ0v) is 23.9. The van der Waals surface area contributed by atoms with Gasteiger partial charge in [-0.05, 0) is 0 Å². The third-order valence-electron chi connectivity index (χ3n) is 5.71. The van der Waals surface area contributed by atoms with Gasteiger partial charge in [0.15, 0.2) is 0 Å². The van der Waals surface area contributed by atoms with E-state index in [9.17, 15) is 132 Å². The van der Waals surface area contributed by atoms with Crippen LogP contribution in [0.4, 0.5) is 127 Å². The molecular formula is C21H5F29O5. The second-order valence-electron chi connectivity index (χ2n) is 9.61. The SMILES string of the molecule is O=C(c1ccccc1)C(F)(OC(F)(F)C(F)(OC(F)(F)C(F)(OC(F)(F)C(F)(OC(F)(F)C(F)(F)C(F)(F)F)C(F)(F)F)C(F)(F)F)C(F)(F)F)C(F)(F)F. The fourth-order valence-corrected chi connectivity index (χ4v) is 2.99. The van der Waals surface area contributed by atoms with Crippen LogP contribution < -0.4 is 0 Å². The Bertz CT molecular complexity index is 1510. The first-order valence-corrected chi connectivity index (χ1v) is 12.0. The lowest BCUT2D eigenvalue weighted by molar-refractivity contribution is -0.592. The van der Waals surface area contributed by atoms with E-state index in [-0.39, 0.29) is 12.1 Å². The van der Waals surface area contributed by atoms with Gasteiger partial charge in [0.05, 0.1) is 0 Å². The summed E-state index contributed by atoms with van der Waals surface area (Å²) in [5, 5.41) is 0. The van der Waals surface area contributed by atoms with Crippen LogP contribution in [0.2, 0.25) is 0 Å². The van der Waals surface area contributed by atoms with Crippen LogP contribution in [-0.2, 0) is 18.9 Å². The number of ketones is 1. The number of hydrogen-bond donors (Lipinski definition) is 0. The number of benzene rings is 1. The lowest BCUT2D eigenvalue weighted by atomic mass is 10.0. The van der Waals surface area contributed by atoms with E-state index in [2.05, 4.69) is 0 Å². The summed E-state index contributed by atoms with van der Waals surface area (Å²) in [5.41, 5.74) is -1.93. The number of Topliss-reactive ketones (excluding diaryl/α,β-unsaturated/α-hetero) is 1. The van der Waals surface area contributed by atoms with Crippen molar-refractivity contribution in [1.82, 2.24) is 0 Å². The Morgan fingerprint density at radius 1 is 0.345 bits per heavy atom. The molecule has 4 atom stereocenters. The van der Waals surface area contributed by atoms with Crippen LogP contribution in [0.15, 0.2) is 30.3 Å². The van der Waals surface area contributed by atoms with Crippen molar-refractivity contribution in [3.05, 3.63) is 35.9 Å². The summed E-state index contributed by atoms with van der Waals surface area (Å²) >= 11 is 0. The van der Waals surface area contributed by atoms with E-state index in [0.29, 0.717) is 18.2 Å². The van der Waals surface area contributed by atoms with E-state index in [4.69, 9.17) is 0 Å².